The van der Waals surface area contributed by atoms with Crippen molar-refractivity contribution in [1.29, 1.82) is 0 Å². The van der Waals surface area contributed by atoms with Crippen LogP contribution in [0, 0.1) is 34.5 Å². The minimum absolute atomic E-state index is 0.203. The molecule has 6 heteroatoms. The highest BCUT2D eigenvalue weighted by Crippen LogP contribution is 2.67. The zero-order valence-corrected chi connectivity index (χ0v) is 22.5. The topological polar surface area (TPSA) is 52.4 Å². The van der Waals surface area contributed by atoms with Crippen LogP contribution >= 0.6 is 0 Å². The summed E-state index contributed by atoms with van der Waals surface area (Å²) in [6, 6.07) is 0. The number of oxime groups is 2. The predicted molar refractivity (Wildman–Crippen MR) is 133 cm³/mol. The van der Waals surface area contributed by atoms with Crippen LogP contribution in [0.5, 0.6) is 0 Å². The molecular formula is C26H44N2O3Si. The van der Waals surface area contributed by atoms with Crippen molar-refractivity contribution < 1.29 is 14.1 Å². The molecular weight excluding hydrogens is 416 g/mol. The largest absolute Gasteiger partial charge is 0.411 e. The fraction of sp³-hybridized carbons (Fsp3) is 0.846. The molecule has 3 saturated carbocycles. The lowest BCUT2D eigenvalue weighted by molar-refractivity contribution is -0.0673. The Kier molecular flexibility index (Phi) is 6.43. The van der Waals surface area contributed by atoms with Gasteiger partial charge in [-0.05, 0) is 112 Å². The lowest BCUT2D eigenvalue weighted by Crippen LogP contribution is -2.55. The van der Waals surface area contributed by atoms with Crippen LogP contribution in [0.3, 0.4) is 0 Å². The Morgan fingerprint density at radius 3 is 2.44 bits per heavy atom. The molecule has 0 heterocycles. The molecule has 0 bridgehead atoms. The maximum atomic E-state index is 6.91. The van der Waals surface area contributed by atoms with Gasteiger partial charge in [0.2, 0.25) is 0 Å². The van der Waals surface area contributed by atoms with E-state index >= 15 is 0 Å². The van der Waals surface area contributed by atoms with Gasteiger partial charge in [0.1, 0.15) is 14.2 Å². The lowest BCUT2D eigenvalue weighted by atomic mass is 9.46. The molecule has 4 rings (SSSR count). The Balaban J connectivity index is 1.71. The summed E-state index contributed by atoms with van der Waals surface area (Å²) in [5.74, 6) is 2.74. The summed E-state index contributed by atoms with van der Waals surface area (Å²) < 4.78 is 6.91. The van der Waals surface area contributed by atoms with Crippen molar-refractivity contribution >= 4 is 19.7 Å². The molecule has 0 aromatic rings. The van der Waals surface area contributed by atoms with Crippen LogP contribution in [0.25, 0.3) is 0 Å². The van der Waals surface area contributed by atoms with E-state index in [1.54, 1.807) is 14.2 Å². The van der Waals surface area contributed by atoms with Crippen molar-refractivity contribution in [2.24, 2.45) is 44.8 Å². The second kappa shape index (κ2) is 8.57. The van der Waals surface area contributed by atoms with E-state index in [9.17, 15) is 0 Å². The first-order valence-electron chi connectivity index (χ1n) is 12.6. The van der Waals surface area contributed by atoms with E-state index in [-0.39, 0.29) is 11.5 Å². The molecule has 0 radical (unpaired) electrons. The van der Waals surface area contributed by atoms with Gasteiger partial charge in [-0.1, -0.05) is 24.2 Å². The summed E-state index contributed by atoms with van der Waals surface area (Å²) in [6.07, 6.45) is 11.0. The van der Waals surface area contributed by atoms with Crippen LogP contribution in [0.4, 0.5) is 0 Å². The first-order valence-corrected chi connectivity index (χ1v) is 16.0. The third-order valence-corrected chi connectivity index (χ3v) is 10.4. The van der Waals surface area contributed by atoms with Crippen LogP contribution in [0.1, 0.15) is 65.7 Å². The van der Waals surface area contributed by atoms with E-state index in [2.05, 4.69) is 56.8 Å². The van der Waals surface area contributed by atoms with Gasteiger partial charge < -0.3 is 14.1 Å². The molecule has 3 fully saturated rings. The summed E-state index contributed by atoms with van der Waals surface area (Å²) in [6.45, 7) is 14.2. The Morgan fingerprint density at radius 2 is 1.78 bits per heavy atom. The molecule has 0 spiro atoms. The number of hydrogen-bond acceptors (Lipinski definition) is 5. The van der Waals surface area contributed by atoms with Crippen LogP contribution in [0.15, 0.2) is 22.0 Å². The summed E-state index contributed by atoms with van der Waals surface area (Å²) >= 11 is 0. The van der Waals surface area contributed by atoms with Crippen LogP contribution in [-0.2, 0) is 14.1 Å². The SMILES string of the molecule is CO/N=C1\C=C2[C@H](O[Si](C)(C)C)C[C@H]3[C@@H]4CC[C@H](/C(C)=N/OC)[C@@]4(C)CC[C@@H]3[C@@]2(C)CC1. The molecule has 0 saturated heterocycles. The van der Waals surface area contributed by atoms with Crippen LogP contribution in [0.2, 0.25) is 19.6 Å². The third kappa shape index (κ3) is 4.00. The molecule has 7 atom stereocenters. The highest BCUT2D eigenvalue weighted by Gasteiger charge is 2.61. The molecule has 180 valence electrons. The number of rotatable bonds is 5. The molecule has 32 heavy (non-hydrogen) atoms. The summed E-state index contributed by atoms with van der Waals surface area (Å²) in [7, 11) is 1.63. The van der Waals surface area contributed by atoms with Gasteiger partial charge in [-0.25, -0.2) is 0 Å². The van der Waals surface area contributed by atoms with Gasteiger partial charge in [-0.2, -0.15) is 0 Å². The zero-order chi connectivity index (χ0) is 23.3. The highest BCUT2D eigenvalue weighted by molar-refractivity contribution is 6.69. The average Bonchev–Trinajstić information content (AvgIpc) is 3.06. The maximum Gasteiger partial charge on any atom is 0.184 e. The first kappa shape index (κ1) is 24.0. The van der Waals surface area contributed by atoms with Crippen molar-refractivity contribution in [1.82, 2.24) is 0 Å². The monoisotopic (exact) mass is 460 g/mol. The zero-order valence-electron chi connectivity index (χ0n) is 21.5. The second-order valence-corrected chi connectivity index (χ2v) is 16.7. The smallest absolute Gasteiger partial charge is 0.184 e. The van der Waals surface area contributed by atoms with Gasteiger partial charge in [0.25, 0.3) is 0 Å². The summed E-state index contributed by atoms with van der Waals surface area (Å²) in [5.41, 5.74) is 4.29. The number of nitrogens with zero attached hydrogens (tertiary/aromatic N) is 2. The Hall–Kier alpha value is -1.14. The molecule has 0 amide bonds. The Labute approximate surface area is 196 Å². The van der Waals surface area contributed by atoms with E-state index in [1.807, 2.05) is 0 Å². The fourth-order valence-electron chi connectivity index (χ4n) is 8.21. The van der Waals surface area contributed by atoms with E-state index in [1.165, 1.54) is 37.0 Å². The average molecular weight is 461 g/mol. The van der Waals surface area contributed by atoms with Crippen molar-refractivity contribution in [3.05, 3.63) is 11.6 Å². The molecule has 0 aromatic carbocycles. The standard InChI is InChI=1S/C26H44N2O3Si/c1-17(27-29-4)20-9-10-21-19-16-24(31-32(6,7)8)23-15-18(28-30-5)11-13-26(23,3)22(19)12-14-25(20,21)2/h15,19-22,24H,9-14,16H2,1-8H3/b27-17+,28-18-/t19-,20+,21-,22-,24+,25+,26+/m0/s1. The van der Waals surface area contributed by atoms with Gasteiger partial charge in [-0.15, -0.1) is 0 Å². The molecule has 4 aliphatic rings. The van der Waals surface area contributed by atoms with Crippen molar-refractivity contribution in [2.45, 2.75) is 91.5 Å². The molecule has 5 nitrogen and oxygen atoms in total. The van der Waals surface area contributed by atoms with Crippen molar-refractivity contribution in [3.63, 3.8) is 0 Å². The molecule has 0 N–H and O–H groups in total. The maximum absolute atomic E-state index is 6.91. The Morgan fingerprint density at radius 1 is 1.03 bits per heavy atom. The second-order valence-electron chi connectivity index (χ2n) is 12.2. The van der Waals surface area contributed by atoms with Crippen LogP contribution in [-0.4, -0.2) is 40.1 Å². The van der Waals surface area contributed by atoms with Gasteiger partial charge in [0.15, 0.2) is 8.32 Å². The number of hydrogen-bond donors (Lipinski definition) is 0. The van der Waals surface area contributed by atoms with Crippen molar-refractivity contribution in [2.75, 3.05) is 14.2 Å². The normalized spacial score (nSPS) is 43.2. The predicted octanol–water partition coefficient (Wildman–Crippen LogP) is 6.42. The number of allylic oxidation sites excluding steroid dienone is 1. The van der Waals surface area contributed by atoms with Gasteiger partial charge in [-0.3, -0.25) is 0 Å². The molecule has 0 aromatic heterocycles. The molecule has 0 aliphatic heterocycles. The highest BCUT2D eigenvalue weighted by atomic mass is 28.4. The lowest BCUT2D eigenvalue weighted by Gasteiger charge is -2.60. The minimum Gasteiger partial charge on any atom is -0.411 e. The van der Waals surface area contributed by atoms with Crippen LogP contribution < -0.4 is 0 Å². The van der Waals surface area contributed by atoms with Gasteiger partial charge in [0.05, 0.1) is 17.5 Å². The summed E-state index contributed by atoms with van der Waals surface area (Å²) in [4.78, 5) is 10.3. The third-order valence-electron chi connectivity index (χ3n) is 9.41. The fourth-order valence-corrected chi connectivity index (χ4v) is 9.29. The van der Waals surface area contributed by atoms with Gasteiger partial charge in [0, 0.05) is 5.92 Å². The molecule has 0 unspecified atom stereocenters. The first-order chi connectivity index (χ1) is 15.0. The number of fused-ring (bicyclic) bond motifs is 5. The van der Waals surface area contributed by atoms with E-state index in [0.717, 1.165) is 42.7 Å². The van der Waals surface area contributed by atoms with E-state index in [4.69, 9.17) is 14.1 Å². The van der Waals surface area contributed by atoms with E-state index < -0.39 is 8.32 Å². The molecule has 4 aliphatic carbocycles. The minimum atomic E-state index is -1.69. The van der Waals surface area contributed by atoms with Crippen molar-refractivity contribution in [3.8, 4) is 0 Å². The Bertz CT molecular complexity index is 816. The quantitative estimate of drug-likeness (QED) is 0.270. The van der Waals surface area contributed by atoms with E-state index in [0.29, 0.717) is 11.3 Å². The van der Waals surface area contributed by atoms with Gasteiger partial charge >= 0.3 is 0 Å². The summed E-state index contributed by atoms with van der Waals surface area (Å²) in [5, 5.41) is 8.70.